The molecule has 1 fully saturated rings. The third-order valence-corrected chi connectivity index (χ3v) is 3.02. The van der Waals surface area contributed by atoms with Crippen molar-refractivity contribution >= 4 is 6.29 Å². The van der Waals surface area contributed by atoms with Gasteiger partial charge in [-0.25, -0.2) is 0 Å². The number of carbonyl (C=O) groups excluding carboxylic acids is 1. The van der Waals surface area contributed by atoms with Crippen LogP contribution in [0.15, 0.2) is 12.2 Å². The summed E-state index contributed by atoms with van der Waals surface area (Å²) in [5, 5.41) is 0. The second kappa shape index (κ2) is 4.56. The Balaban J connectivity index is 2.57. The maximum Gasteiger partial charge on any atom is 0.125 e. The van der Waals surface area contributed by atoms with Crippen LogP contribution in [-0.2, 0) is 9.53 Å². The summed E-state index contributed by atoms with van der Waals surface area (Å²) in [4.78, 5) is 10.7. The highest BCUT2D eigenvalue weighted by Crippen LogP contribution is 2.33. The molecule has 1 rings (SSSR count). The van der Waals surface area contributed by atoms with Crippen molar-refractivity contribution < 1.29 is 9.53 Å². The molecule has 0 aliphatic heterocycles. The summed E-state index contributed by atoms with van der Waals surface area (Å²) >= 11 is 0. The molecule has 13 heavy (non-hydrogen) atoms. The van der Waals surface area contributed by atoms with E-state index in [4.69, 9.17) is 4.74 Å². The zero-order valence-corrected chi connectivity index (χ0v) is 8.45. The van der Waals surface area contributed by atoms with Gasteiger partial charge in [-0.15, -0.1) is 0 Å². The van der Waals surface area contributed by atoms with E-state index in [9.17, 15) is 4.79 Å². The van der Waals surface area contributed by atoms with Gasteiger partial charge in [0.05, 0.1) is 6.10 Å². The Kier molecular flexibility index (Phi) is 3.67. The van der Waals surface area contributed by atoms with Crippen molar-refractivity contribution in [2.75, 3.05) is 7.11 Å². The van der Waals surface area contributed by atoms with Gasteiger partial charge in [-0.3, -0.25) is 0 Å². The van der Waals surface area contributed by atoms with E-state index in [0.717, 1.165) is 25.5 Å². The fourth-order valence-corrected chi connectivity index (χ4v) is 2.03. The summed E-state index contributed by atoms with van der Waals surface area (Å²) < 4.78 is 5.30. The van der Waals surface area contributed by atoms with Crippen molar-refractivity contribution in [1.82, 2.24) is 0 Å². The topological polar surface area (TPSA) is 26.3 Å². The first kappa shape index (κ1) is 10.5. The van der Waals surface area contributed by atoms with Crippen LogP contribution in [0.1, 0.15) is 26.2 Å². The predicted molar refractivity (Wildman–Crippen MR) is 52.5 cm³/mol. The second-order valence-corrected chi connectivity index (χ2v) is 3.93. The molecular formula is C11H18O2. The number of allylic oxidation sites excluding steroid dienone is 1. The number of methoxy groups -OCH3 is 1. The van der Waals surface area contributed by atoms with Crippen LogP contribution >= 0.6 is 0 Å². The van der Waals surface area contributed by atoms with E-state index >= 15 is 0 Å². The molecule has 0 heterocycles. The number of hydrogen-bond acceptors (Lipinski definition) is 2. The molecule has 74 valence electrons. The standard InChI is InChI=1S/C11H18O2/c1-8(2)9-4-5-10(7-12)11(6-9)13-3/h7,9-11H,1,4-6H2,2-3H3/t9-,10-,11-/m0/s1. The van der Waals surface area contributed by atoms with Gasteiger partial charge >= 0.3 is 0 Å². The Morgan fingerprint density at radius 3 is 2.69 bits per heavy atom. The number of rotatable bonds is 3. The van der Waals surface area contributed by atoms with Gasteiger partial charge in [0.1, 0.15) is 6.29 Å². The quantitative estimate of drug-likeness (QED) is 0.494. The van der Waals surface area contributed by atoms with Gasteiger partial charge in [-0.1, -0.05) is 12.2 Å². The summed E-state index contributed by atoms with van der Waals surface area (Å²) in [6.07, 6.45) is 4.11. The monoisotopic (exact) mass is 182 g/mol. The molecule has 0 bridgehead atoms. The van der Waals surface area contributed by atoms with Crippen LogP contribution in [0.4, 0.5) is 0 Å². The number of hydrogen-bond donors (Lipinski definition) is 0. The maximum atomic E-state index is 10.7. The lowest BCUT2D eigenvalue weighted by Crippen LogP contribution is -2.32. The Morgan fingerprint density at radius 1 is 1.54 bits per heavy atom. The van der Waals surface area contributed by atoms with E-state index < -0.39 is 0 Å². The Labute approximate surface area is 80.0 Å². The molecule has 0 aromatic rings. The van der Waals surface area contributed by atoms with Gasteiger partial charge in [-0.2, -0.15) is 0 Å². The highest BCUT2D eigenvalue weighted by molar-refractivity contribution is 5.54. The van der Waals surface area contributed by atoms with Crippen molar-refractivity contribution in [3.63, 3.8) is 0 Å². The van der Waals surface area contributed by atoms with Crippen LogP contribution in [0.5, 0.6) is 0 Å². The van der Waals surface area contributed by atoms with E-state index in [-0.39, 0.29) is 12.0 Å². The SMILES string of the molecule is C=C(C)[C@H]1CC[C@@H](C=O)[C@@H](OC)C1. The molecule has 1 aliphatic carbocycles. The minimum atomic E-state index is 0.0978. The van der Waals surface area contributed by atoms with Gasteiger partial charge in [0, 0.05) is 13.0 Å². The van der Waals surface area contributed by atoms with Crippen LogP contribution in [0, 0.1) is 11.8 Å². The summed E-state index contributed by atoms with van der Waals surface area (Å²) in [5.74, 6) is 0.641. The summed E-state index contributed by atoms with van der Waals surface area (Å²) in [5.41, 5.74) is 1.21. The molecule has 0 amide bonds. The van der Waals surface area contributed by atoms with Crippen LogP contribution in [0.2, 0.25) is 0 Å². The Morgan fingerprint density at radius 2 is 2.23 bits per heavy atom. The number of carbonyl (C=O) groups is 1. The van der Waals surface area contributed by atoms with Crippen LogP contribution in [0.3, 0.4) is 0 Å². The zero-order valence-electron chi connectivity index (χ0n) is 8.45. The summed E-state index contributed by atoms with van der Waals surface area (Å²) in [7, 11) is 1.68. The van der Waals surface area contributed by atoms with Crippen molar-refractivity contribution in [2.45, 2.75) is 32.3 Å². The first-order chi connectivity index (χ1) is 6.19. The summed E-state index contributed by atoms with van der Waals surface area (Å²) in [6.45, 7) is 6.01. The van der Waals surface area contributed by atoms with Gasteiger partial charge in [-0.05, 0) is 32.1 Å². The molecule has 0 spiro atoms. The smallest absolute Gasteiger partial charge is 0.125 e. The first-order valence-corrected chi connectivity index (χ1v) is 4.82. The Hall–Kier alpha value is -0.630. The molecule has 0 aromatic heterocycles. The average molecular weight is 182 g/mol. The number of aldehydes is 1. The molecule has 0 unspecified atom stereocenters. The highest BCUT2D eigenvalue weighted by atomic mass is 16.5. The molecule has 0 N–H and O–H groups in total. The molecule has 2 nitrogen and oxygen atoms in total. The van der Waals surface area contributed by atoms with Gasteiger partial charge in [0.25, 0.3) is 0 Å². The van der Waals surface area contributed by atoms with E-state index in [1.54, 1.807) is 7.11 Å². The molecule has 3 atom stereocenters. The van der Waals surface area contributed by atoms with E-state index in [1.807, 2.05) is 0 Å². The van der Waals surface area contributed by atoms with Crippen molar-refractivity contribution in [1.29, 1.82) is 0 Å². The van der Waals surface area contributed by atoms with E-state index in [0.29, 0.717) is 5.92 Å². The number of ether oxygens (including phenoxy) is 1. The maximum absolute atomic E-state index is 10.7. The average Bonchev–Trinajstić information content (AvgIpc) is 2.16. The highest BCUT2D eigenvalue weighted by Gasteiger charge is 2.30. The second-order valence-electron chi connectivity index (χ2n) is 3.93. The van der Waals surface area contributed by atoms with Gasteiger partial charge < -0.3 is 9.53 Å². The van der Waals surface area contributed by atoms with Crippen molar-refractivity contribution in [3.05, 3.63) is 12.2 Å². The minimum Gasteiger partial charge on any atom is -0.381 e. The van der Waals surface area contributed by atoms with E-state index in [1.165, 1.54) is 5.57 Å². The molecule has 1 saturated carbocycles. The fourth-order valence-electron chi connectivity index (χ4n) is 2.03. The van der Waals surface area contributed by atoms with Gasteiger partial charge in [0.15, 0.2) is 0 Å². The largest absolute Gasteiger partial charge is 0.381 e. The zero-order chi connectivity index (χ0) is 9.84. The van der Waals surface area contributed by atoms with Gasteiger partial charge in [0.2, 0.25) is 0 Å². The molecule has 0 radical (unpaired) electrons. The lowest BCUT2D eigenvalue weighted by Gasteiger charge is -2.32. The van der Waals surface area contributed by atoms with Crippen LogP contribution in [0.25, 0.3) is 0 Å². The van der Waals surface area contributed by atoms with Crippen LogP contribution in [-0.4, -0.2) is 19.5 Å². The molecule has 1 aliphatic rings. The molecule has 2 heteroatoms. The third kappa shape index (κ3) is 2.41. The molecule has 0 saturated heterocycles. The minimum absolute atomic E-state index is 0.0978. The van der Waals surface area contributed by atoms with E-state index in [2.05, 4.69) is 13.5 Å². The van der Waals surface area contributed by atoms with Crippen LogP contribution < -0.4 is 0 Å². The molecule has 0 aromatic carbocycles. The Bertz CT molecular complexity index is 198. The summed E-state index contributed by atoms with van der Waals surface area (Å²) in [6, 6.07) is 0. The third-order valence-electron chi connectivity index (χ3n) is 3.02. The van der Waals surface area contributed by atoms with Crippen molar-refractivity contribution in [3.8, 4) is 0 Å². The first-order valence-electron chi connectivity index (χ1n) is 4.82. The lowest BCUT2D eigenvalue weighted by atomic mass is 9.78. The van der Waals surface area contributed by atoms with Crippen molar-refractivity contribution in [2.24, 2.45) is 11.8 Å². The predicted octanol–water partition coefficient (Wildman–Crippen LogP) is 2.19. The fraction of sp³-hybridized carbons (Fsp3) is 0.727. The molecular weight excluding hydrogens is 164 g/mol. The lowest BCUT2D eigenvalue weighted by molar-refractivity contribution is -0.117. The normalized spacial score (nSPS) is 34.2.